The van der Waals surface area contributed by atoms with Crippen LogP contribution in [0.2, 0.25) is 0 Å². The Bertz CT molecular complexity index is 1910. The number of hydrogen-bond donors (Lipinski definition) is 2. The summed E-state index contributed by atoms with van der Waals surface area (Å²) in [6, 6.07) is 15.6. The minimum Gasteiger partial charge on any atom is -0.461 e. The van der Waals surface area contributed by atoms with E-state index in [0.29, 0.717) is 43.6 Å². The highest BCUT2D eigenvalue weighted by Gasteiger charge is 2.40. The van der Waals surface area contributed by atoms with Gasteiger partial charge in [-0.1, -0.05) is 54.6 Å². The number of likely N-dealkylation sites (N-methyl/N-ethyl adjacent to an activating group) is 1. The number of ketones is 1. The lowest BCUT2D eigenvalue weighted by atomic mass is 9.90. The van der Waals surface area contributed by atoms with Crippen LogP contribution in [-0.4, -0.2) is 84.0 Å². The molecule has 3 aromatic rings. The summed E-state index contributed by atoms with van der Waals surface area (Å²) in [5.74, 6) is -3.51. The Morgan fingerprint density at radius 2 is 1.62 bits per heavy atom. The summed E-state index contributed by atoms with van der Waals surface area (Å²) in [5.41, 5.74) is 1.52. The van der Waals surface area contributed by atoms with E-state index in [-0.39, 0.29) is 50.7 Å². The fourth-order valence-electron chi connectivity index (χ4n) is 7.16. The number of amides is 3. The van der Waals surface area contributed by atoms with Gasteiger partial charge in [0.2, 0.25) is 11.8 Å². The zero-order chi connectivity index (χ0) is 42.0. The number of carbonyl (C=O) groups excluding carboxylic acids is 5. The first-order valence-corrected chi connectivity index (χ1v) is 19.8. The number of anilines is 1. The molecule has 0 aromatic heterocycles. The van der Waals surface area contributed by atoms with Crippen molar-refractivity contribution in [1.29, 1.82) is 0 Å². The molecule has 2 aliphatic heterocycles. The van der Waals surface area contributed by atoms with Crippen LogP contribution in [0.15, 0.2) is 66.7 Å². The predicted molar refractivity (Wildman–Crippen MR) is 212 cm³/mol. The Morgan fingerprint density at radius 3 is 2.29 bits per heavy atom. The normalized spacial score (nSPS) is 16.8. The quantitative estimate of drug-likeness (QED) is 0.152. The van der Waals surface area contributed by atoms with Crippen LogP contribution in [0.3, 0.4) is 0 Å². The van der Waals surface area contributed by atoms with E-state index in [1.807, 2.05) is 47.4 Å². The Hall–Kier alpha value is -5.21. The number of nitrogens with zero attached hydrogens (tertiary/aromatic N) is 2. The molecule has 0 saturated carbocycles. The van der Waals surface area contributed by atoms with Crippen molar-refractivity contribution in [3.63, 3.8) is 0 Å². The number of hydrogen-bond acceptors (Lipinski definition) is 9. The molecule has 2 heterocycles. The van der Waals surface area contributed by atoms with Gasteiger partial charge >= 0.3 is 12.1 Å². The maximum absolute atomic E-state index is 14.8. The highest BCUT2D eigenvalue weighted by Crippen LogP contribution is 2.37. The number of Topliss-reactive ketones (excluding diaryl/α,β-unsaturated/α-hetero) is 1. The number of benzene rings is 3. The van der Waals surface area contributed by atoms with E-state index in [4.69, 9.17) is 14.2 Å². The van der Waals surface area contributed by atoms with Gasteiger partial charge in [-0.3, -0.25) is 29.0 Å². The summed E-state index contributed by atoms with van der Waals surface area (Å²) >= 11 is 0. The molecule has 0 spiro atoms. The van der Waals surface area contributed by atoms with Crippen LogP contribution in [0.4, 0.5) is 19.3 Å². The molecule has 0 bridgehead atoms. The van der Waals surface area contributed by atoms with Crippen LogP contribution in [0, 0.1) is 17.6 Å². The van der Waals surface area contributed by atoms with Gasteiger partial charge in [-0.15, -0.1) is 0 Å². The SMILES string of the molecule is C[C@@H](C(=O)N[C@H](CN1Cc2ccc(CC(=O)CCCC(=O)OCc3ccccc3)cc2[C@H]1C(=O)Nc1c(F)cccc1F)C1CCOCC1)N(C)C(=O)OC(C)(C)C. The molecule has 0 aliphatic carbocycles. The molecular formula is C44H54F2N4O8. The Balaban J connectivity index is 1.32. The third-order valence-electron chi connectivity index (χ3n) is 10.4. The second-order valence-corrected chi connectivity index (χ2v) is 16.0. The Morgan fingerprint density at radius 1 is 0.931 bits per heavy atom. The number of ether oxygens (including phenoxy) is 3. The van der Waals surface area contributed by atoms with E-state index < -0.39 is 64.9 Å². The second-order valence-electron chi connectivity index (χ2n) is 16.0. The van der Waals surface area contributed by atoms with E-state index in [1.54, 1.807) is 33.8 Å². The molecule has 12 nitrogen and oxygen atoms in total. The van der Waals surface area contributed by atoms with Gasteiger partial charge in [0.1, 0.15) is 47.4 Å². The van der Waals surface area contributed by atoms with Crippen LogP contribution in [0.5, 0.6) is 0 Å². The third-order valence-corrected chi connectivity index (χ3v) is 10.4. The Labute approximate surface area is 338 Å². The maximum Gasteiger partial charge on any atom is 0.410 e. The van der Waals surface area contributed by atoms with Gasteiger partial charge in [-0.05, 0) is 87.3 Å². The minimum absolute atomic E-state index is 0.0445. The van der Waals surface area contributed by atoms with Crippen LogP contribution < -0.4 is 10.6 Å². The molecule has 58 heavy (non-hydrogen) atoms. The van der Waals surface area contributed by atoms with Crippen molar-refractivity contribution in [1.82, 2.24) is 15.1 Å². The topological polar surface area (TPSA) is 144 Å². The van der Waals surface area contributed by atoms with Crippen molar-refractivity contribution in [3.8, 4) is 0 Å². The van der Waals surface area contributed by atoms with Gasteiger partial charge in [0.15, 0.2) is 0 Å². The maximum atomic E-state index is 14.8. The molecule has 3 aromatic carbocycles. The average Bonchev–Trinajstić information content (AvgIpc) is 3.54. The van der Waals surface area contributed by atoms with E-state index in [1.165, 1.54) is 18.0 Å². The first-order chi connectivity index (χ1) is 27.6. The number of fused-ring (bicyclic) bond motifs is 1. The first-order valence-electron chi connectivity index (χ1n) is 19.8. The predicted octanol–water partition coefficient (Wildman–Crippen LogP) is 6.65. The molecular weight excluding hydrogens is 750 g/mol. The number of para-hydroxylation sites is 1. The van der Waals surface area contributed by atoms with Gasteiger partial charge in [-0.25, -0.2) is 13.6 Å². The summed E-state index contributed by atoms with van der Waals surface area (Å²) in [7, 11) is 1.49. The summed E-state index contributed by atoms with van der Waals surface area (Å²) in [6.07, 6.45) is 1.22. The van der Waals surface area contributed by atoms with Crippen molar-refractivity contribution in [3.05, 3.63) is 101 Å². The third kappa shape index (κ3) is 12.2. The van der Waals surface area contributed by atoms with Gasteiger partial charge in [0.25, 0.3) is 0 Å². The number of carbonyl (C=O) groups is 5. The molecule has 5 rings (SSSR count). The number of nitrogens with one attached hydrogen (secondary N) is 2. The molecule has 0 unspecified atom stereocenters. The smallest absolute Gasteiger partial charge is 0.410 e. The molecule has 14 heteroatoms. The second kappa shape index (κ2) is 20.0. The largest absolute Gasteiger partial charge is 0.461 e. The van der Waals surface area contributed by atoms with Crippen molar-refractivity contribution >= 4 is 35.3 Å². The van der Waals surface area contributed by atoms with Gasteiger partial charge in [-0.2, -0.15) is 0 Å². The van der Waals surface area contributed by atoms with Crippen LogP contribution in [0.1, 0.15) is 88.1 Å². The molecule has 3 atom stereocenters. The molecule has 2 aliphatic rings. The zero-order valence-electron chi connectivity index (χ0n) is 33.9. The van der Waals surface area contributed by atoms with E-state index in [0.717, 1.165) is 23.3 Å². The van der Waals surface area contributed by atoms with Crippen molar-refractivity contribution in [2.75, 3.05) is 32.1 Å². The standard InChI is InChI=1S/C44H54F2N4O8/c1-28(49(5)43(55)58-44(2,3)4)41(53)47-37(31-19-21-56-22-20-31)26-50-25-32-18-17-30(23-33(51)13-9-16-38(52)57-27-29-11-7-6-8-12-29)24-34(32)40(50)42(54)48-39-35(45)14-10-15-36(39)46/h6-8,10-12,14-15,17-18,24,28,31,37,40H,9,13,16,19-23,25-27H2,1-5H3,(H,47,53)(H,48,54)/t28-,37+,40-/m0/s1. The fourth-order valence-corrected chi connectivity index (χ4v) is 7.16. The lowest BCUT2D eigenvalue weighted by Crippen LogP contribution is -2.55. The first kappa shape index (κ1) is 43.9. The van der Waals surface area contributed by atoms with Crippen LogP contribution in [-0.2, 0) is 53.0 Å². The molecule has 0 radical (unpaired) electrons. The van der Waals surface area contributed by atoms with Gasteiger partial charge < -0.3 is 24.8 Å². The minimum atomic E-state index is -1.04. The average molecular weight is 805 g/mol. The van der Waals surface area contributed by atoms with Crippen molar-refractivity contribution < 1.29 is 47.0 Å². The van der Waals surface area contributed by atoms with Gasteiger partial charge in [0, 0.05) is 58.7 Å². The summed E-state index contributed by atoms with van der Waals surface area (Å²) in [5, 5.41) is 5.59. The molecule has 2 N–H and O–H groups in total. The zero-order valence-corrected chi connectivity index (χ0v) is 33.9. The highest BCUT2D eigenvalue weighted by molar-refractivity contribution is 5.96. The molecule has 3 amide bonds. The lowest BCUT2D eigenvalue weighted by Gasteiger charge is -2.36. The monoisotopic (exact) mass is 804 g/mol. The molecule has 1 fully saturated rings. The van der Waals surface area contributed by atoms with E-state index in [9.17, 15) is 32.8 Å². The van der Waals surface area contributed by atoms with Gasteiger partial charge in [0.05, 0.1) is 0 Å². The van der Waals surface area contributed by atoms with Crippen molar-refractivity contribution in [2.24, 2.45) is 5.92 Å². The number of rotatable bonds is 16. The summed E-state index contributed by atoms with van der Waals surface area (Å²) in [6.45, 7) is 8.39. The number of esters is 1. The van der Waals surface area contributed by atoms with E-state index in [2.05, 4.69) is 10.6 Å². The Kier molecular flexibility index (Phi) is 15.1. The number of halogens is 2. The van der Waals surface area contributed by atoms with Crippen molar-refractivity contribution in [2.45, 2.75) is 103 Å². The van der Waals surface area contributed by atoms with Crippen LogP contribution in [0.25, 0.3) is 0 Å². The lowest BCUT2D eigenvalue weighted by molar-refractivity contribution is -0.145. The summed E-state index contributed by atoms with van der Waals surface area (Å²) in [4.78, 5) is 69.2. The molecule has 1 saturated heterocycles. The summed E-state index contributed by atoms with van der Waals surface area (Å²) < 4.78 is 46.1. The fraction of sp³-hybridized carbons (Fsp3) is 0.477. The molecule has 312 valence electrons. The highest BCUT2D eigenvalue weighted by atomic mass is 19.1. The van der Waals surface area contributed by atoms with Crippen LogP contribution >= 0.6 is 0 Å². The van der Waals surface area contributed by atoms with E-state index >= 15 is 0 Å².